The Balaban J connectivity index is 1.84. The van der Waals surface area contributed by atoms with Gasteiger partial charge in [0.2, 0.25) is 0 Å². The van der Waals surface area contributed by atoms with Crippen molar-refractivity contribution < 1.29 is 9.18 Å². The zero-order valence-corrected chi connectivity index (χ0v) is 14.9. The average Bonchev–Trinajstić information content (AvgIpc) is 2.57. The third-order valence-corrected chi connectivity index (χ3v) is 3.84. The van der Waals surface area contributed by atoms with E-state index in [0.29, 0.717) is 22.4 Å². The normalized spacial score (nSPS) is 10.5. The third kappa shape index (κ3) is 4.34. The molecule has 3 aromatic rings. The summed E-state index contributed by atoms with van der Waals surface area (Å²) in [6.45, 7) is 3.61. The predicted molar refractivity (Wildman–Crippen MR) is 101 cm³/mol. The lowest BCUT2D eigenvalue weighted by atomic mass is 10.2. The molecule has 7 heteroatoms. The van der Waals surface area contributed by atoms with Crippen molar-refractivity contribution in [3.63, 3.8) is 0 Å². The van der Waals surface area contributed by atoms with Crippen LogP contribution in [0.15, 0.2) is 48.5 Å². The third-order valence-electron chi connectivity index (χ3n) is 3.60. The Morgan fingerprint density at radius 3 is 2.62 bits per heavy atom. The van der Waals surface area contributed by atoms with E-state index in [2.05, 4.69) is 20.6 Å². The molecule has 0 saturated carbocycles. The van der Waals surface area contributed by atoms with Gasteiger partial charge in [0.25, 0.3) is 5.91 Å². The molecule has 0 aliphatic carbocycles. The number of carbonyl (C=O) groups excluding carboxylic acids is 1. The number of hydrogen-bond donors (Lipinski definition) is 2. The number of rotatable bonds is 4. The SMILES string of the molecule is Cc1nc(Nc2ccc(Cl)cc2C)cc(C(=O)Nc2cccc(F)c2)n1. The fourth-order valence-corrected chi connectivity index (χ4v) is 2.64. The van der Waals surface area contributed by atoms with E-state index in [4.69, 9.17) is 11.6 Å². The number of amides is 1. The second-order valence-corrected chi connectivity index (χ2v) is 6.17. The molecule has 1 aromatic heterocycles. The highest BCUT2D eigenvalue weighted by Crippen LogP contribution is 2.23. The number of carbonyl (C=O) groups is 1. The molecular weight excluding hydrogens is 355 g/mol. The summed E-state index contributed by atoms with van der Waals surface area (Å²) in [6, 6.07) is 12.6. The first kappa shape index (κ1) is 17.8. The van der Waals surface area contributed by atoms with Crippen LogP contribution in [0, 0.1) is 19.7 Å². The van der Waals surface area contributed by atoms with Gasteiger partial charge in [-0.3, -0.25) is 4.79 Å². The number of halogens is 2. The van der Waals surface area contributed by atoms with Crippen molar-refractivity contribution in [3.05, 3.63) is 76.5 Å². The summed E-state index contributed by atoms with van der Waals surface area (Å²) in [5, 5.41) is 6.42. The number of nitrogens with zero attached hydrogens (tertiary/aromatic N) is 2. The van der Waals surface area contributed by atoms with Gasteiger partial charge in [0.1, 0.15) is 23.2 Å². The first-order valence-corrected chi connectivity index (χ1v) is 8.24. The quantitative estimate of drug-likeness (QED) is 0.686. The Bertz CT molecular complexity index is 978. The maximum atomic E-state index is 13.3. The molecule has 2 N–H and O–H groups in total. The van der Waals surface area contributed by atoms with Gasteiger partial charge in [0.05, 0.1) is 0 Å². The van der Waals surface area contributed by atoms with E-state index in [-0.39, 0.29) is 5.69 Å². The van der Waals surface area contributed by atoms with Gasteiger partial charge in [-0.15, -0.1) is 0 Å². The molecule has 0 radical (unpaired) electrons. The molecule has 0 unspecified atom stereocenters. The molecule has 0 atom stereocenters. The van der Waals surface area contributed by atoms with Crippen molar-refractivity contribution in [2.45, 2.75) is 13.8 Å². The smallest absolute Gasteiger partial charge is 0.274 e. The highest BCUT2D eigenvalue weighted by Gasteiger charge is 2.12. The predicted octanol–water partition coefficient (Wildman–Crippen LogP) is 4.88. The maximum Gasteiger partial charge on any atom is 0.274 e. The number of nitrogens with one attached hydrogen (secondary N) is 2. The maximum absolute atomic E-state index is 13.3. The van der Waals surface area contributed by atoms with Crippen LogP contribution in [0.25, 0.3) is 0 Å². The van der Waals surface area contributed by atoms with Crippen LogP contribution in [0.4, 0.5) is 21.6 Å². The van der Waals surface area contributed by atoms with Crippen molar-refractivity contribution in [1.29, 1.82) is 0 Å². The molecule has 0 saturated heterocycles. The molecule has 0 spiro atoms. The van der Waals surface area contributed by atoms with Crippen LogP contribution in [-0.2, 0) is 0 Å². The molecule has 1 heterocycles. The van der Waals surface area contributed by atoms with E-state index >= 15 is 0 Å². The molecule has 0 fully saturated rings. The van der Waals surface area contributed by atoms with Gasteiger partial charge in [-0.05, 0) is 55.8 Å². The van der Waals surface area contributed by atoms with Crippen LogP contribution < -0.4 is 10.6 Å². The Labute approximate surface area is 155 Å². The standard InChI is InChI=1S/C19H16ClFN4O/c1-11-8-13(20)6-7-16(11)25-18-10-17(22-12(2)23-18)19(26)24-15-5-3-4-14(21)9-15/h3-10H,1-2H3,(H,24,26)(H,22,23,25). The first-order valence-electron chi connectivity index (χ1n) is 7.86. The summed E-state index contributed by atoms with van der Waals surface area (Å²) >= 11 is 5.97. The second kappa shape index (κ2) is 7.49. The molecule has 26 heavy (non-hydrogen) atoms. The van der Waals surface area contributed by atoms with Crippen LogP contribution in [0.2, 0.25) is 5.02 Å². The first-order chi connectivity index (χ1) is 12.4. The minimum atomic E-state index is -0.447. The lowest BCUT2D eigenvalue weighted by Gasteiger charge is -2.11. The van der Waals surface area contributed by atoms with Crippen LogP contribution in [0.1, 0.15) is 21.9 Å². The number of aryl methyl sites for hydroxylation is 2. The fraction of sp³-hybridized carbons (Fsp3) is 0.105. The van der Waals surface area contributed by atoms with E-state index in [1.54, 1.807) is 19.1 Å². The molecule has 0 aliphatic heterocycles. The zero-order valence-electron chi connectivity index (χ0n) is 14.2. The Morgan fingerprint density at radius 2 is 1.88 bits per heavy atom. The van der Waals surface area contributed by atoms with Crippen molar-refractivity contribution in [3.8, 4) is 0 Å². The summed E-state index contributed by atoms with van der Waals surface area (Å²) in [5.41, 5.74) is 2.30. The van der Waals surface area contributed by atoms with Gasteiger partial charge in [-0.25, -0.2) is 14.4 Å². The Morgan fingerprint density at radius 1 is 1.08 bits per heavy atom. The molecule has 0 bridgehead atoms. The van der Waals surface area contributed by atoms with Crippen molar-refractivity contribution >= 4 is 34.7 Å². The molecule has 1 amide bonds. The summed E-state index contributed by atoms with van der Waals surface area (Å²) in [4.78, 5) is 20.9. The lowest BCUT2D eigenvalue weighted by Crippen LogP contribution is -2.15. The van der Waals surface area contributed by atoms with Crippen LogP contribution >= 0.6 is 11.6 Å². The van der Waals surface area contributed by atoms with E-state index in [0.717, 1.165) is 11.3 Å². The van der Waals surface area contributed by atoms with Crippen molar-refractivity contribution in [1.82, 2.24) is 9.97 Å². The Kier molecular flexibility index (Phi) is 5.14. The van der Waals surface area contributed by atoms with Crippen LogP contribution in [0.5, 0.6) is 0 Å². The average molecular weight is 371 g/mol. The summed E-state index contributed by atoms with van der Waals surface area (Å²) in [5.74, 6) is 0.0394. The monoisotopic (exact) mass is 370 g/mol. The minimum Gasteiger partial charge on any atom is -0.340 e. The highest BCUT2D eigenvalue weighted by molar-refractivity contribution is 6.30. The molecule has 3 rings (SSSR count). The molecule has 2 aromatic carbocycles. The molecule has 132 valence electrons. The number of benzene rings is 2. The lowest BCUT2D eigenvalue weighted by molar-refractivity contribution is 0.102. The second-order valence-electron chi connectivity index (χ2n) is 5.73. The number of aromatic nitrogens is 2. The van der Waals surface area contributed by atoms with Gasteiger partial charge in [0.15, 0.2) is 0 Å². The summed E-state index contributed by atoms with van der Waals surface area (Å²) in [7, 11) is 0. The summed E-state index contributed by atoms with van der Waals surface area (Å²) in [6.07, 6.45) is 0. The minimum absolute atomic E-state index is 0.177. The van der Waals surface area contributed by atoms with E-state index in [1.165, 1.54) is 24.3 Å². The number of hydrogen-bond acceptors (Lipinski definition) is 4. The van der Waals surface area contributed by atoms with Crippen LogP contribution in [0.3, 0.4) is 0 Å². The largest absolute Gasteiger partial charge is 0.340 e. The van der Waals surface area contributed by atoms with E-state index in [1.807, 2.05) is 19.1 Å². The van der Waals surface area contributed by atoms with E-state index < -0.39 is 11.7 Å². The zero-order chi connectivity index (χ0) is 18.7. The highest BCUT2D eigenvalue weighted by atomic mass is 35.5. The molecule has 5 nitrogen and oxygen atoms in total. The molecular formula is C19H16ClFN4O. The van der Waals surface area contributed by atoms with E-state index in [9.17, 15) is 9.18 Å². The van der Waals surface area contributed by atoms with Gasteiger partial charge < -0.3 is 10.6 Å². The summed E-state index contributed by atoms with van der Waals surface area (Å²) < 4.78 is 13.3. The van der Waals surface area contributed by atoms with Gasteiger partial charge in [-0.2, -0.15) is 0 Å². The van der Waals surface area contributed by atoms with Gasteiger partial charge in [-0.1, -0.05) is 17.7 Å². The Hall–Kier alpha value is -2.99. The molecule has 0 aliphatic rings. The van der Waals surface area contributed by atoms with Gasteiger partial charge in [0, 0.05) is 22.5 Å². The fourth-order valence-electron chi connectivity index (χ4n) is 2.41. The van der Waals surface area contributed by atoms with Crippen LogP contribution in [-0.4, -0.2) is 15.9 Å². The van der Waals surface area contributed by atoms with Crippen molar-refractivity contribution in [2.75, 3.05) is 10.6 Å². The topological polar surface area (TPSA) is 66.9 Å². The number of anilines is 3. The van der Waals surface area contributed by atoms with Crippen molar-refractivity contribution in [2.24, 2.45) is 0 Å². The van der Waals surface area contributed by atoms with Gasteiger partial charge >= 0.3 is 0 Å².